The van der Waals surface area contributed by atoms with Gasteiger partial charge in [0, 0.05) is 55.1 Å². The molecule has 0 aromatic carbocycles. The van der Waals surface area contributed by atoms with Gasteiger partial charge < -0.3 is 19.9 Å². The summed E-state index contributed by atoms with van der Waals surface area (Å²) < 4.78 is 43.9. The van der Waals surface area contributed by atoms with E-state index in [0.717, 1.165) is 17.7 Å². The number of hydrogen-bond acceptors (Lipinski definition) is 6. The van der Waals surface area contributed by atoms with Gasteiger partial charge in [0.2, 0.25) is 11.8 Å². The first-order valence-electron chi connectivity index (χ1n) is 9.85. The minimum Gasteiger partial charge on any atom is -0.468 e. The summed E-state index contributed by atoms with van der Waals surface area (Å²) >= 11 is 0. The number of pyridine rings is 1. The number of ether oxygens (including phenoxy) is 1. The Balaban J connectivity index is 1.78. The summed E-state index contributed by atoms with van der Waals surface area (Å²) in [4.78, 5) is 26.3. The van der Waals surface area contributed by atoms with Crippen molar-refractivity contribution in [2.75, 3.05) is 25.4 Å². The van der Waals surface area contributed by atoms with E-state index >= 15 is 0 Å². The normalized spacial score (nSPS) is 16.5. The van der Waals surface area contributed by atoms with Crippen molar-refractivity contribution in [3.05, 3.63) is 43.0 Å². The highest BCUT2D eigenvalue weighted by Crippen LogP contribution is 2.42. The molecule has 0 aliphatic carbocycles. The van der Waals surface area contributed by atoms with E-state index in [1.807, 2.05) is 11.6 Å². The molecule has 1 aliphatic rings. The summed E-state index contributed by atoms with van der Waals surface area (Å²) in [5.74, 6) is -0.00409. The minimum absolute atomic E-state index is 0.00587. The predicted octanol–water partition coefficient (Wildman–Crippen LogP) is 3.06. The van der Waals surface area contributed by atoms with Crippen molar-refractivity contribution in [3.8, 4) is 17.0 Å². The number of nitrogens with two attached hydrogens (primary N) is 1. The van der Waals surface area contributed by atoms with Crippen LogP contribution >= 0.6 is 0 Å². The van der Waals surface area contributed by atoms with Gasteiger partial charge in [-0.2, -0.15) is 13.2 Å². The first-order valence-corrected chi connectivity index (χ1v) is 9.85. The summed E-state index contributed by atoms with van der Waals surface area (Å²) in [5.41, 5.74) is 9.09. The first-order chi connectivity index (χ1) is 15.2. The monoisotopic (exact) mass is 446 g/mol. The highest BCUT2D eigenvalue weighted by atomic mass is 19.4. The summed E-state index contributed by atoms with van der Waals surface area (Å²) in [5, 5.41) is 0.629. The molecule has 1 unspecified atom stereocenters. The molecular formula is C21H21F3N6O2. The van der Waals surface area contributed by atoms with E-state index < -0.39 is 12.8 Å². The Morgan fingerprint density at radius 3 is 2.78 bits per heavy atom. The average molecular weight is 446 g/mol. The van der Waals surface area contributed by atoms with Crippen LogP contribution in [0.5, 0.6) is 5.88 Å². The number of carbonyl (C=O) groups excluding carboxylic acids is 1. The lowest BCUT2D eigenvalue weighted by molar-refractivity contribution is -0.154. The number of likely N-dealkylation sites (tertiary alicyclic amines) is 1. The van der Waals surface area contributed by atoms with Gasteiger partial charge in [-0.25, -0.2) is 15.0 Å². The Morgan fingerprint density at radius 1 is 1.34 bits per heavy atom. The molecule has 11 heteroatoms. The smallest absolute Gasteiger partial charge is 0.422 e. The Hall–Kier alpha value is -3.63. The Kier molecular flexibility index (Phi) is 5.49. The molecule has 0 saturated carbocycles. The molecule has 3 aromatic heterocycles. The zero-order valence-electron chi connectivity index (χ0n) is 17.3. The zero-order valence-corrected chi connectivity index (χ0v) is 17.3. The summed E-state index contributed by atoms with van der Waals surface area (Å²) in [6.45, 7) is 3.21. The third-order valence-corrected chi connectivity index (χ3v) is 5.51. The molecule has 0 radical (unpaired) electrons. The summed E-state index contributed by atoms with van der Waals surface area (Å²) in [6.07, 6.45) is 0.381. The van der Waals surface area contributed by atoms with E-state index in [4.69, 9.17) is 10.5 Å². The van der Waals surface area contributed by atoms with Crippen molar-refractivity contribution in [1.82, 2.24) is 24.4 Å². The van der Waals surface area contributed by atoms with E-state index in [2.05, 4.69) is 21.5 Å². The third-order valence-electron chi connectivity index (χ3n) is 5.51. The number of nitrogens with zero attached hydrogens (tertiary/aromatic N) is 5. The lowest BCUT2D eigenvalue weighted by Crippen LogP contribution is -2.26. The Labute approximate surface area is 181 Å². The first kappa shape index (κ1) is 21.6. The Morgan fingerprint density at radius 2 is 2.12 bits per heavy atom. The molecule has 1 aliphatic heterocycles. The van der Waals surface area contributed by atoms with Crippen molar-refractivity contribution in [2.45, 2.75) is 18.5 Å². The highest BCUT2D eigenvalue weighted by Gasteiger charge is 2.33. The molecule has 4 heterocycles. The van der Waals surface area contributed by atoms with Crippen molar-refractivity contribution >= 4 is 22.8 Å². The van der Waals surface area contributed by atoms with Crippen molar-refractivity contribution < 1.29 is 22.7 Å². The maximum Gasteiger partial charge on any atom is 0.422 e. The number of carbonyl (C=O) groups is 1. The molecule has 0 spiro atoms. The number of alkyl halides is 3. The quantitative estimate of drug-likeness (QED) is 0.605. The second-order valence-corrected chi connectivity index (χ2v) is 7.54. The van der Waals surface area contributed by atoms with Crippen LogP contribution in [0.25, 0.3) is 22.2 Å². The molecule has 3 aromatic rings. The van der Waals surface area contributed by atoms with E-state index in [9.17, 15) is 18.0 Å². The topological polar surface area (TPSA) is 99.2 Å². The zero-order chi connectivity index (χ0) is 23.0. The summed E-state index contributed by atoms with van der Waals surface area (Å²) in [7, 11) is 1.86. The van der Waals surface area contributed by atoms with E-state index in [1.165, 1.54) is 24.7 Å². The van der Waals surface area contributed by atoms with E-state index in [-0.39, 0.29) is 23.5 Å². The van der Waals surface area contributed by atoms with Crippen molar-refractivity contribution in [2.24, 2.45) is 7.05 Å². The lowest BCUT2D eigenvalue weighted by Gasteiger charge is -2.17. The van der Waals surface area contributed by atoms with Gasteiger partial charge in [-0.05, 0) is 18.6 Å². The van der Waals surface area contributed by atoms with Crippen LogP contribution in [-0.4, -0.2) is 56.2 Å². The van der Waals surface area contributed by atoms with Gasteiger partial charge in [0.05, 0.1) is 5.39 Å². The number of rotatable bonds is 5. The summed E-state index contributed by atoms with van der Waals surface area (Å²) in [6, 6.07) is 3.01. The van der Waals surface area contributed by atoms with Crippen LogP contribution in [0.15, 0.2) is 37.3 Å². The maximum absolute atomic E-state index is 12.4. The fourth-order valence-electron chi connectivity index (χ4n) is 4.15. The third kappa shape index (κ3) is 3.97. The van der Waals surface area contributed by atoms with Crippen LogP contribution in [0.3, 0.4) is 0 Å². The fourth-order valence-corrected chi connectivity index (χ4v) is 4.15. The standard InChI is InChI=1S/C21H21F3N6O2/c1-3-15(31)30-7-6-13(9-30)18-16(17-19(25)27-11-28-20(17)29(18)2)12-4-5-14(26-8-12)32-10-21(22,23)24/h3-5,8,11,13H,1,6-7,9-10H2,2H3,(H2,25,27,28). The number of amides is 1. The number of aromatic nitrogens is 4. The van der Waals surface area contributed by atoms with Crippen LogP contribution in [-0.2, 0) is 11.8 Å². The highest BCUT2D eigenvalue weighted by molar-refractivity contribution is 6.02. The molecule has 0 bridgehead atoms. The van der Waals surface area contributed by atoms with Gasteiger partial charge in [0.25, 0.3) is 0 Å². The van der Waals surface area contributed by atoms with Crippen LogP contribution < -0.4 is 10.5 Å². The number of fused-ring (bicyclic) bond motifs is 1. The van der Waals surface area contributed by atoms with Gasteiger partial charge in [0.15, 0.2) is 6.61 Å². The molecule has 1 amide bonds. The second-order valence-electron chi connectivity index (χ2n) is 7.54. The van der Waals surface area contributed by atoms with Crippen LogP contribution in [0.4, 0.5) is 19.0 Å². The van der Waals surface area contributed by atoms with E-state index in [0.29, 0.717) is 29.7 Å². The molecule has 168 valence electrons. The number of halogens is 3. The van der Waals surface area contributed by atoms with Gasteiger partial charge in [0.1, 0.15) is 17.8 Å². The molecule has 2 N–H and O–H groups in total. The molecule has 1 fully saturated rings. The molecule has 8 nitrogen and oxygen atoms in total. The number of aryl methyl sites for hydroxylation is 1. The van der Waals surface area contributed by atoms with Gasteiger partial charge >= 0.3 is 6.18 Å². The molecule has 1 saturated heterocycles. The fraction of sp³-hybridized carbons (Fsp3) is 0.333. The molecule has 32 heavy (non-hydrogen) atoms. The molecule has 1 atom stereocenters. The minimum atomic E-state index is -4.45. The van der Waals surface area contributed by atoms with Crippen LogP contribution in [0.1, 0.15) is 18.0 Å². The van der Waals surface area contributed by atoms with Crippen LogP contribution in [0, 0.1) is 0 Å². The lowest BCUT2D eigenvalue weighted by atomic mass is 9.95. The predicted molar refractivity (Wildman–Crippen MR) is 112 cm³/mol. The largest absolute Gasteiger partial charge is 0.468 e. The molecule has 4 rings (SSSR count). The average Bonchev–Trinajstić information content (AvgIpc) is 3.35. The van der Waals surface area contributed by atoms with Gasteiger partial charge in [-0.15, -0.1) is 0 Å². The van der Waals surface area contributed by atoms with Crippen molar-refractivity contribution in [3.63, 3.8) is 0 Å². The number of hydrogen-bond donors (Lipinski definition) is 1. The second kappa shape index (κ2) is 8.13. The van der Waals surface area contributed by atoms with Crippen LogP contribution in [0.2, 0.25) is 0 Å². The van der Waals surface area contributed by atoms with Crippen molar-refractivity contribution in [1.29, 1.82) is 0 Å². The number of nitrogen functional groups attached to an aromatic ring is 1. The maximum atomic E-state index is 12.4. The Bertz CT molecular complexity index is 1170. The molecular weight excluding hydrogens is 425 g/mol. The SMILES string of the molecule is C=CC(=O)N1CCC(c2c(-c3ccc(OCC(F)(F)F)nc3)c3c(N)ncnc3n2C)C1. The van der Waals surface area contributed by atoms with E-state index in [1.54, 1.807) is 11.0 Å². The van der Waals surface area contributed by atoms with Gasteiger partial charge in [-0.3, -0.25) is 4.79 Å². The van der Waals surface area contributed by atoms with Gasteiger partial charge in [-0.1, -0.05) is 6.58 Å². The number of anilines is 1.